The molecule has 0 saturated carbocycles. The van der Waals surface area contributed by atoms with Gasteiger partial charge in [0, 0.05) is 53.6 Å². The Labute approximate surface area is 227 Å². The number of hydrogen-bond acceptors (Lipinski definition) is 9. The Hall–Kier alpha value is -1.14. The van der Waals surface area contributed by atoms with E-state index in [2.05, 4.69) is 24.5 Å². The van der Waals surface area contributed by atoms with Gasteiger partial charge in [-0.25, -0.2) is 0 Å². The highest BCUT2D eigenvalue weighted by molar-refractivity contribution is 5.85. The summed E-state index contributed by atoms with van der Waals surface area (Å²) < 4.78 is 11.4. The number of likely N-dealkylation sites (N-methyl/N-ethyl adjacent to an activating group) is 1. The summed E-state index contributed by atoms with van der Waals surface area (Å²) >= 11 is 0. The molecule has 0 spiro atoms. The van der Waals surface area contributed by atoms with Gasteiger partial charge in [0.25, 0.3) is 5.91 Å². The molecule has 0 heterocycles. The number of aliphatic hydroxyl groups excluding tert-OH is 2. The van der Waals surface area contributed by atoms with Crippen LogP contribution in [0.3, 0.4) is 0 Å². The van der Waals surface area contributed by atoms with Crippen LogP contribution in [0.5, 0.6) is 0 Å². The second kappa shape index (κ2) is 42.0. The molecular weight excluding hydrogens is 476 g/mol. The average Bonchev–Trinajstić information content (AvgIpc) is 2.94. The van der Waals surface area contributed by atoms with Crippen LogP contribution in [0.2, 0.25) is 0 Å². The van der Waals surface area contributed by atoms with E-state index in [4.69, 9.17) is 31.2 Å². The number of unbranched alkanes of at least 4 members (excludes halogenated alkanes) is 10. The third-order valence-corrected chi connectivity index (χ3v) is 5.13. The maximum absolute atomic E-state index is 12.4. The lowest BCUT2D eigenvalue weighted by molar-refractivity contribution is -0.150. The molecule has 8 N–H and O–H groups in total. The second-order valence-electron chi connectivity index (χ2n) is 8.27. The number of aldehydes is 1. The first-order valence-corrected chi connectivity index (χ1v) is 14.0. The van der Waals surface area contributed by atoms with E-state index in [0.29, 0.717) is 32.6 Å². The highest BCUT2D eigenvalue weighted by atomic mass is 16.5. The predicted octanol–water partition coefficient (Wildman–Crippen LogP) is 2.13. The zero-order valence-electron chi connectivity index (χ0n) is 24.6. The number of hydrogen-bond donors (Lipinski definition) is 6. The zero-order valence-corrected chi connectivity index (χ0v) is 24.6. The van der Waals surface area contributed by atoms with Crippen LogP contribution in [0.25, 0.3) is 0 Å². The van der Waals surface area contributed by atoms with Crippen LogP contribution < -0.4 is 22.1 Å². The van der Waals surface area contributed by atoms with E-state index in [0.717, 1.165) is 53.0 Å². The van der Waals surface area contributed by atoms with Gasteiger partial charge in [-0.1, -0.05) is 78.1 Å². The molecule has 1 amide bonds. The SMILES string of the molecule is CCCCCCCCOC(C=O)C(OCCCCCCCC)C(=O)NCCN.CNCCN.CO.CO. The molecule has 0 fully saturated rings. The molecule has 0 aromatic carbocycles. The standard InChI is InChI=1S/C22H44N2O4.C3H10N2.2CH4O/c1-3-5-7-9-11-13-17-27-20(19-25)21(22(26)24-16-15-23)28-18-14-12-10-8-6-4-2;1-5-3-2-4;2*1-2/h19-21H,3-18,23H2,1-2H3,(H,24,26);5H,2-4H2,1H3;2*2H,1H3. The Kier molecular flexibility index (Phi) is 48.7. The minimum absolute atomic E-state index is 0.323. The maximum Gasteiger partial charge on any atom is 0.252 e. The summed E-state index contributed by atoms with van der Waals surface area (Å²) in [6.45, 7) is 7.67. The van der Waals surface area contributed by atoms with Gasteiger partial charge in [-0.05, 0) is 19.9 Å². The molecule has 10 heteroatoms. The van der Waals surface area contributed by atoms with Crippen LogP contribution >= 0.6 is 0 Å². The van der Waals surface area contributed by atoms with Crippen LogP contribution in [0, 0.1) is 0 Å². The number of ether oxygens (including phenoxy) is 2. The van der Waals surface area contributed by atoms with Crippen LogP contribution in [-0.4, -0.2) is 95.3 Å². The number of nitrogens with one attached hydrogen (secondary N) is 2. The molecular formula is C27H62N4O6. The Bertz CT molecular complexity index is 418. The van der Waals surface area contributed by atoms with E-state index in [9.17, 15) is 9.59 Å². The first-order valence-electron chi connectivity index (χ1n) is 14.0. The van der Waals surface area contributed by atoms with Crippen molar-refractivity contribution in [3.63, 3.8) is 0 Å². The van der Waals surface area contributed by atoms with Gasteiger partial charge < -0.3 is 46.6 Å². The van der Waals surface area contributed by atoms with Crippen molar-refractivity contribution in [2.24, 2.45) is 11.5 Å². The van der Waals surface area contributed by atoms with Crippen molar-refractivity contribution in [1.29, 1.82) is 0 Å². The van der Waals surface area contributed by atoms with Gasteiger partial charge in [-0.2, -0.15) is 0 Å². The van der Waals surface area contributed by atoms with Crippen LogP contribution in [0.1, 0.15) is 90.9 Å². The molecule has 0 radical (unpaired) electrons. The van der Waals surface area contributed by atoms with Crippen molar-refractivity contribution >= 4 is 12.2 Å². The van der Waals surface area contributed by atoms with E-state index < -0.39 is 12.2 Å². The fourth-order valence-electron chi connectivity index (χ4n) is 3.15. The number of rotatable bonds is 23. The van der Waals surface area contributed by atoms with Crippen molar-refractivity contribution in [2.75, 3.05) is 60.7 Å². The Morgan fingerprint density at radius 1 is 0.757 bits per heavy atom. The molecule has 2 atom stereocenters. The second-order valence-corrected chi connectivity index (χ2v) is 8.27. The van der Waals surface area contributed by atoms with Gasteiger partial charge in [0.1, 0.15) is 6.10 Å². The summed E-state index contributed by atoms with van der Waals surface area (Å²) in [7, 11) is 3.88. The van der Waals surface area contributed by atoms with Crippen molar-refractivity contribution < 1.29 is 29.3 Å². The third-order valence-electron chi connectivity index (χ3n) is 5.13. The van der Waals surface area contributed by atoms with Gasteiger partial charge in [0.2, 0.25) is 0 Å². The molecule has 0 aliphatic carbocycles. The number of carbonyl (C=O) groups excluding carboxylic acids is 2. The van der Waals surface area contributed by atoms with E-state index in [1.807, 2.05) is 7.05 Å². The van der Waals surface area contributed by atoms with Crippen LogP contribution in [-0.2, 0) is 19.1 Å². The highest BCUT2D eigenvalue weighted by Crippen LogP contribution is 2.10. The molecule has 0 aromatic heterocycles. The minimum Gasteiger partial charge on any atom is -0.400 e. The monoisotopic (exact) mass is 538 g/mol. The van der Waals surface area contributed by atoms with E-state index in [1.165, 1.54) is 51.4 Å². The first kappa shape index (κ1) is 42.9. The van der Waals surface area contributed by atoms with Crippen molar-refractivity contribution in [2.45, 2.75) is 103 Å². The Morgan fingerprint density at radius 2 is 1.19 bits per heavy atom. The fraction of sp³-hybridized carbons (Fsp3) is 0.926. The molecule has 10 nitrogen and oxygen atoms in total. The third kappa shape index (κ3) is 34.9. The molecule has 2 unspecified atom stereocenters. The van der Waals surface area contributed by atoms with Gasteiger partial charge >= 0.3 is 0 Å². The smallest absolute Gasteiger partial charge is 0.252 e. The molecule has 0 bridgehead atoms. The maximum atomic E-state index is 12.4. The highest BCUT2D eigenvalue weighted by Gasteiger charge is 2.29. The minimum atomic E-state index is -0.903. The number of aliphatic hydroxyl groups is 2. The molecule has 226 valence electrons. The normalized spacial score (nSPS) is 11.5. The topological polar surface area (TPSA) is 169 Å². The summed E-state index contributed by atoms with van der Waals surface area (Å²) in [5.74, 6) is -0.323. The molecule has 0 aliphatic heterocycles. The Balaban J connectivity index is -0.000000525. The van der Waals surface area contributed by atoms with Gasteiger partial charge in [-0.15, -0.1) is 0 Å². The molecule has 0 saturated heterocycles. The van der Waals surface area contributed by atoms with Crippen LogP contribution in [0.4, 0.5) is 0 Å². The summed E-state index contributed by atoms with van der Waals surface area (Å²) in [6, 6.07) is 0. The van der Waals surface area contributed by atoms with Gasteiger partial charge in [0.15, 0.2) is 12.4 Å². The Morgan fingerprint density at radius 3 is 1.57 bits per heavy atom. The lowest BCUT2D eigenvalue weighted by Crippen LogP contribution is -2.47. The molecule has 37 heavy (non-hydrogen) atoms. The summed E-state index contributed by atoms with van der Waals surface area (Å²) in [6.07, 6.45) is 12.6. The predicted molar refractivity (Wildman–Crippen MR) is 154 cm³/mol. The summed E-state index contributed by atoms with van der Waals surface area (Å²) in [4.78, 5) is 23.9. The summed E-state index contributed by atoms with van der Waals surface area (Å²) in [5.41, 5.74) is 10.5. The van der Waals surface area contributed by atoms with Crippen LogP contribution in [0.15, 0.2) is 0 Å². The molecule has 0 rings (SSSR count). The zero-order chi connectivity index (χ0) is 29.0. The fourth-order valence-corrected chi connectivity index (χ4v) is 3.15. The van der Waals surface area contributed by atoms with Gasteiger partial charge in [-0.3, -0.25) is 4.79 Å². The number of carbonyl (C=O) groups is 2. The van der Waals surface area contributed by atoms with E-state index in [1.54, 1.807) is 0 Å². The lowest BCUT2D eigenvalue weighted by atomic mass is 10.1. The molecule has 0 aliphatic rings. The van der Waals surface area contributed by atoms with E-state index in [-0.39, 0.29) is 5.91 Å². The van der Waals surface area contributed by atoms with E-state index >= 15 is 0 Å². The van der Waals surface area contributed by atoms with Crippen molar-refractivity contribution in [3.05, 3.63) is 0 Å². The number of nitrogens with two attached hydrogens (primary N) is 2. The lowest BCUT2D eigenvalue weighted by Gasteiger charge is -2.23. The first-order chi connectivity index (χ1) is 18.1. The number of amides is 1. The largest absolute Gasteiger partial charge is 0.400 e. The van der Waals surface area contributed by atoms with Gasteiger partial charge in [0.05, 0.1) is 0 Å². The quantitative estimate of drug-likeness (QED) is 0.0842. The van der Waals surface area contributed by atoms with Crippen molar-refractivity contribution in [1.82, 2.24) is 10.6 Å². The molecule has 0 aromatic rings. The average molecular weight is 539 g/mol. The van der Waals surface area contributed by atoms with Crippen molar-refractivity contribution in [3.8, 4) is 0 Å². The summed E-state index contributed by atoms with van der Waals surface area (Å²) in [5, 5.41) is 19.6.